The maximum atomic E-state index is 11.9. The minimum Gasteiger partial charge on any atom is -0.494 e. The van der Waals surface area contributed by atoms with E-state index >= 15 is 0 Å². The predicted octanol–water partition coefficient (Wildman–Crippen LogP) is 4.02. The first-order valence-electron chi connectivity index (χ1n) is 8.21. The maximum absolute atomic E-state index is 11.9. The summed E-state index contributed by atoms with van der Waals surface area (Å²) in [5.41, 5.74) is 2.66. The number of benzene rings is 2. The van der Waals surface area contributed by atoms with Gasteiger partial charge in [0.15, 0.2) is 0 Å². The van der Waals surface area contributed by atoms with Crippen LogP contribution in [0.1, 0.15) is 24.8 Å². The van der Waals surface area contributed by atoms with E-state index in [-0.39, 0.29) is 11.8 Å². The Hall–Kier alpha value is -2.53. The lowest BCUT2D eigenvalue weighted by molar-refractivity contribution is -0.117. The molecule has 0 bridgehead atoms. The van der Waals surface area contributed by atoms with Crippen molar-refractivity contribution in [1.29, 1.82) is 0 Å². The molecule has 0 radical (unpaired) electrons. The largest absolute Gasteiger partial charge is 0.494 e. The Morgan fingerprint density at radius 2 is 1.96 bits per heavy atom. The molecular weight excluding hydrogens is 340 g/mol. The van der Waals surface area contributed by atoms with Crippen LogP contribution in [0.4, 0.5) is 11.4 Å². The number of aryl methyl sites for hydroxylation is 1. The summed E-state index contributed by atoms with van der Waals surface area (Å²) in [7, 11) is 0. The number of hydrogen-bond donors (Lipinski definition) is 2. The van der Waals surface area contributed by atoms with Crippen LogP contribution in [0.5, 0.6) is 5.75 Å². The minimum atomic E-state index is -0.0564. The molecule has 1 aliphatic heterocycles. The summed E-state index contributed by atoms with van der Waals surface area (Å²) in [5.74, 6) is 0.750. The summed E-state index contributed by atoms with van der Waals surface area (Å²) in [6.45, 7) is 0.458. The lowest BCUT2D eigenvalue weighted by Gasteiger charge is -2.17. The molecule has 2 N–H and O–H groups in total. The van der Waals surface area contributed by atoms with Gasteiger partial charge in [0.25, 0.3) is 0 Å². The second kappa shape index (κ2) is 8.03. The number of carbonyl (C=O) groups excluding carboxylic acids is 2. The van der Waals surface area contributed by atoms with Crippen LogP contribution in [0.15, 0.2) is 42.5 Å². The molecule has 0 unspecified atom stereocenters. The van der Waals surface area contributed by atoms with E-state index in [2.05, 4.69) is 10.6 Å². The van der Waals surface area contributed by atoms with Crippen LogP contribution in [0.3, 0.4) is 0 Å². The fraction of sp³-hybridized carbons (Fsp3) is 0.263. The van der Waals surface area contributed by atoms with Crippen molar-refractivity contribution in [3.05, 3.63) is 53.1 Å². The second-order valence-electron chi connectivity index (χ2n) is 5.87. The zero-order valence-corrected chi connectivity index (χ0v) is 14.4. The van der Waals surface area contributed by atoms with Gasteiger partial charge < -0.3 is 15.4 Å². The fourth-order valence-electron chi connectivity index (χ4n) is 2.63. The van der Waals surface area contributed by atoms with Crippen molar-refractivity contribution < 1.29 is 14.3 Å². The van der Waals surface area contributed by atoms with E-state index in [4.69, 9.17) is 16.3 Å². The number of fused-ring (bicyclic) bond motifs is 1. The molecule has 0 saturated heterocycles. The average Bonchev–Trinajstić information content (AvgIpc) is 2.61. The highest BCUT2D eigenvalue weighted by Gasteiger charge is 2.15. The van der Waals surface area contributed by atoms with Crippen LogP contribution in [0.25, 0.3) is 0 Å². The number of hydrogen-bond acceptors (Lipinski definition) is 3. The van der Waals surface area contributed by atoms with Gasteiger partial charge in [-0.15, -0.1) is 0 Å². The SMILES string of the molecule is O=C(CCCOc1ccc2c(c1)CCC(=O)N2)Nc1ccc(Cl)cc1. The van der Waals surface area contributed by atoms with Crippen molar-refractivity contribution in [2.75, 3.05) is 17.2 Å². The molecule has 0 spiro atoms. The summed E-state index contributed by atoms with van der Waals surface area (Å²) in [6, 6.07) is 12.6. The van der Waals surface area contributed by atoms with E-state index in [0.29, 0.717) is 30.9 Å². The van der Waals surface area contributed by atoms with Gasteiger partial charge >= 0.3 is 0 Å². The Labute approximate surface area is 151 Å². The summed E-state index contributed by atoms with van der Waals surface area (Å²) in [4.78, 5) is 23.2. The van der Waals surface area contributed by atoms with E-state index in [0.717, 1.165) is 29.1 Å². The highest BCUT2D eigenvalue weighted by atomic mass is 35.5. The van der Waals surface area contributed by atoms with Gasteiger partial charge in [0, 0.05) is 29.2 Å². The van der Waals surface area contributed by atoms with Gasteiger partial charge in [0.05, 0.1) is 6.61 Å². The normalized spacial score (nSPS) is 12.9. The second-order valence-corrected chi connectivity index (χ2v) is 6.31. The summed E-state index contributed by atoms with van der Waals surface area (Å²) in [6.07, 6.45) is 2.22. The molecule has 0 atom stereocenters. The van der Waals surface area contributed by atoms with Crippen LogP contribution >= 0.6 is 11.6 Å². The van der Waals surface area contributed by atoms with Gasteiger partial charge in [-0.25, -0.2) is 0 Å². The highest BCUT2D eigenvalue weighted by Crippen LogP contribution is 2.26. The third-order valence-electron chi connectivity index (χ3n) is 3.92. The van der Waals surface area contributed by atoms with Crippen LogP contribution < -0.4 is 15.4 Å². The van der Waals surface area contributed by atoms with Gasteiger partial charge in [-0.2, -0.15) is 0 Å². The smallest absolute Gasteiger partial charge is 0.224 e. The van der Waals surface area contributed by atoms with Crippen LogP contribution in [-0.2, 0) is 16.0 Å². The molecule has 0 saturated carbocycles. The van der Waals surface area contributed by atoms with E-state index in [1.54, 1.807) is 24.3 Å². The monoisotopic (exact) mass is 358 g/mol. The standard InChI is InChI=1S/C19H19ClN2O3/c20-14-4-6-15(7-5-14)21-18(23)2-1-11-25-16-8-9-17-13(12-16)3-10-19(24)22-17/h4-9,12H,1-3,10-11H2,(H,21,23)(H,22,24). The van der Waals surface area contributed by atoms with Crippen molar-refractivity contribution in [2.24, 2.45) is 0 Å². The molecule has 6 heteroatoms. The van der Waals surface area contributed by atoms with Gasteiger partial charge in [-0.05, 0) is 60.9 Å². The molecule has 0 fully saturated rings. The number of anilines is 2. The van der Waals surface area contributed by atoms with Crippen LogP contribution in [-0.4, -0.2) is 18.4 Å². The third kappa shape index (κ3) is 4.97. The number of carbonyl (C=O) groups is 2. The molecule has 2 amide bonds. The number of halogens is 1. The first kappa shape index (κ1) is 17.3. The molecular formula is C19H19ClN2O3. The molecule has 5 nitrogen and oxygen atoms in total. The summed E-state index contributed by atoms with van der Waals surface area (Å²) in [5, 5.41) is 6.29. The lowest BCUT2D eigenvalue weighted by atomic mass is 10.0. The number of ether oxygens (including phenoxy) is 1. The van der Waals surface area contributed by atoms with Crippen molar-refractivity contribution in [2.45, 2.75) is 25.7 Å². The fourth-order valence-corrected chi connectivity index (χ4v) is 2.75. The number of rotatable bonds is 6. The molecule has 130 valence electrons. The predicted molar refractivity (Wildman–Crippen MR) is 98.2 cm³/mol. The highest BCUT2D eigenvalue weighted by molar-refractivity contribution is 6.30. The van der Waals surface area contributed by atoms with Gasteiger partial charge in [-0.3, -0.25) is 9.59 Å². The van der Waals surface area contributed by atoms with Crippen molar-refractivity contribution in [3.8, 4) is 5.75 Å². The number of amides is 2. The molecule has 0 aliphatic carbocycles. The average molecular weight is 359 g/mol. The lowest BCUT2D eigenvalue weighted by Crippen LogP contribution is -2.18. The Bertz CT molecular complexity index is 775. The molecule has 25 heavy (non-hydrogen) atoms. The number of nitrogens with one attached hydrogen (secondary N) is 2. The van der Waals surface area contributed by atoms with E-state index in [1.807, 2.05) is 18.2 Å². The Morgan fingerprint density at radius 1 is 1.16 bits per heavy atom. The molecule has 1 heterocycles. The van der Waals surface area contributed by atoms with Crippen molar-refractivity contribution >= 4 is 34.8 Å². The Kier molecular flexibility index (Phi) is 5.56. The van der Waals surface area contributed by atoms with Crippen LogP contribution in [0, 0.1) is 0 Å². The molecule has 2 aromatic rings. The van der Waals surface area contributed by atoms with Gasteiger partial charge in [-0.1, -0.05) is 11.6 Å². The molecule has 3 rings (SSSR count). The van der Waals surface area contributed by atoms with Crippen molar-refractivity contribution in [1.82, 2.24) is 0 Å². The van der Waals surface area contributed by atoms with E-state index in [1.165, 1.54) is 0 Å². The first-order chi connectivity index (χ1) is 12.1. The summed E-state index contributed by atoms with van der Waals surface area (Å²) >= 11 is 5.81. The van der Waals surface area contributed by atoms with Crippen LogP contribution in [0.2, 0.25) is 5.02 Å². The first-order valence-corrected chi connectivity index (χ1v) is 8.59. The maximum Gasteiger partial charge on any atom is 0.224 e. The van der Waals surface area contributed by atoms with Crippen molar-refractivity contribution in [3.63, 3.8) is 0 Å². The van der Waals surface area contributed by atoms with Gasteiger partial charge in [0.1, 0.15) is 5.75 Å². The van der Waals surface area contributed by atoms with E-state index < -0.39 is 0 Å². The van der Waals surface area contributed by atoms with Gasteiger partial charge in [0.2, 0.25) is 11.8 Å². The molecule has 0 aromatic heterocycles. The quantitative estimate of drug-likeness (QED) is 0.766. The zero-order valence-electron chi connectivity index (χ0n) is 13.7. The van der Waals surface area contributed by atoms with E-state index in [9.17, 15) is 9.59 Å². The zero-order chi connectivity index (χ0) is 17.6. The Balaban J connectivity index is 1.41. The molecule has 2 aromatic carbocycles. The Morgan fingerprint density at radius 3 is 2.76 bits per heavy atom. The topological polar surface area (TPSA) is 67.4 Å². The molecule has 1 aliphatic rings. The minimum absolute atomic E-state index is 0.0490. The summed E-state index contributed by atoms with van der Waals surface area (Å²) < 4.78 is 5.71. The third-order valence-corrected chi connectivity index (χ3v) is 4.17.